The molecule has 1 unspecified atom stereocenters. The van der Waals surface area contributed by atoms with Gasteiger partial charge in [0.15, 0.2) is 0 Å². The highest BCUT2D eigenvalue weighted by Crippen LogP contribution is 2.31. The second kappa shape index (κ2) is 6.59. The van der Waals surface area contributed by atoms with Crippen LogP contribution >= 0.6 is 0 Å². The van der Waals surface area contributed by atoms with Gasteiger partial charge in [-0.25, -0.2) is 0 Å². The molecule has 1 aromatic carbocycles. The van der Waals surface area contributed by atoms with Crippen molar-refractivity contribution in [2.24, 2.45) is 5.92 Å². The van der Waals surface area contributed by atoms with Crippen LogP contribution in [0.2, 0.25) is 0 Å². The van der Waals surface area contributed by atoms with Gasteiger partial charge in [-0.2, -0.15) is 0 Å². The van der Waals surface area contributed by atoms with Crippen LogP contribution in [-0.4, -0.2) is 34.2 Å². The maximum Gasteiger partial charge on any atom is 0.274 e. The maximum absolute atomic E-state index is 12.5. The van der Waals surface area contributed by atoms with Gasteiger partial charge in [0, 0.05) is 25.1 Å². The molecule has 1 N–H and O–H groups in total. The first-order valence-corrected chi connectivity index (χ1v) is 8.31. The van der Waals surface area contributed by atoms with Crippen LogP contribution in [0.15, 0.2) is 18.2 Å². The number of carbonyl (C=O) groups is 2. The molecule has 1 aromatic rings. The molecule has 1 saturated heterocycles. The number of nitrogens with zero attached hydrogens (tertiary/aromatic N) is 2. The van der Waals surface area contributed by atoms with Gasteiger partial charge in [-0.1, -0.05) is 18.9 Å². The lowest BCUT2D eigenvalue weighted by Crippen LogP contribution is -2.35. The summed E-state index contributed by atoms with van der Waals surface area (Å²) in [6, 6.07) is 4.87. The van der Waals surface area contributed by atoms with E-state index in [4.69, 9.17) is 0 Å². The molecule has 7 heteroatoms. The third-order valence-electron chi connectivity index (χ3n) is 5.05. The Morgan fingerprint density at radius 1 is 1.33 bits per heavy atom. The number of carbonyl (C=O) groups excluding carboxylic acids is 2. The summed E-state index contributed by atoms with van der Waals surface area (Å²) < 4.78 is 0. The van der Waals surface area contributed by atoms with Crippen LogP contribution in [0.5, 0.6) is 0 Å². The first-order chi connectivity index (χ1) is 11.5. The van der Waals surface area contributed by atoms with Crippen molar-refractivity contribution in [1.29, 1.82) is 0 Å². The Hall–Kier alpha value is -2.44. The van der Waals surface area contributed by atoms with Crippen LogP contribution in [-0.2, 0) is 9.59 Å². The van der Waals surface area contributed by atoms with E-state index in [0.717, 1.165) is 25.7 Å². The van der Waals surface area contributed by atoms with Gasteiger partial charge in [0.05, 0.1) is 22.1 Å². The predicted octanol–water partition coefficient (Wildman–Crippen LogP) is 2.63. The lowest BCUT2D eigenvalue weighted by Gasteiger charge is -2.23. The van der Waals surface area contributed by atoms with Crippen molar-refractivity contribution in [2.45, 2.75) is 45.1 Å². The fraction of sp³-hybridized carbons (Fsp3) is 0.529. The lowest BCUT2D eigenvalue weighted by atomic mass is 10.1. The second-order valence-electron chi connectivity index (χ2n) is 6.58. The van der Waals surface area contributed by atoms with E-state index in [1.54, 1.807) is 19.1 Å². The monoisotopic (exact) mass is 331 g/mol. The highest BCUT2D eigenvalue weighted by Gasteiger charge is 2.38. The summed E-state index contributed by atoms with van der Waals surface area (Å²) in [6.45, 7) is 2.06. The molecule has 1 aliphatic carbocycles. The van der Waals surface area contributed by atoms with Gasteiger partial charge in [-0.15, -0.1) is 0 Å². The molecule has 7 nitrogen and oxygen atoms in total. The Labute approximate surface area is 140 Å². The van der Waals surface area contributed by atoms with Gasteiger partial charge in [0.1, 0.15) is 0 Å². The fourth-order valence-corrected chi connectivity index (χ4v) is 3.67. The minimum absolute atomic E-state index is 0.0251. The molecule has 0 spiro atoms. The minimum Gasteiger partial charge on any atom is -0.339 e. The molecule has 2 aliphatic rings. The van der Waals surface area contributed by atoms with Gasteiger partial charge in [-0.3, -0.25) is 19.7 Å². The number of hydrogen-bond acceptors (Lipinski definition) is 4. The number of nitro benzene ring substituents is 1. The number of anilines is 1. The van der Waals surface area contributed by atoms with Crippen molar-refractivity contribution in [1.82, 2.24) is 4.90 Å². The molecule has 0 aromatic heterocycles. The standard InChI is InChI=1S/C17H21N3O4/c1-11-14(7-4-8-15(11)20(23)24)18-17(22)12-9-16(21)19(10-12)13-5-2-3-6-13/h4,7-8,12-13H,2-3,5-6,9-10H2,1H3,(H,18,22). The third kappa shape index (κ3) is 3.11. The lowest BCUT2D eigenvalue weighted by molar-refractivity contribution is -0.385. The van der Waals surface area contributed by atoms with Gasteiger partial charge < -0.3 is 10.2 Å². The fourth-order valence-electron chi connectivity index (χ4n) is 3.67. The molecule has 2 amide bonds. The van der Waals surface area contributed by atoms with Gasteiger partial charge in [0.25, 0.3) is 5.69 Å². The molecule has 1 saturated carbocycles. The summed E-state index contributed by atoms with van der Waals surface area (Å²) in [6.07, 6.45) is 4.53. The number of nitrogens with one attached hydrogen (secondary N) is 1. The smallest absolute Gasteiger partial charge is 0.274 e. The molecule has 24 heavy (non-hydrogen) atoms. The summed E-state index contributed by atoms with van der Waals surface area (Å²) in [7, 11) is 0. The highest BCUT2D eigenvalue weighted by molar-refractivity contribution is 5.98. The van der Waals surface area contributed by atoms with E-state index in [1.807, 2.05) is 4.90 Å². The largest absolute Gasteiger partial charge is 0.339 e. The number of rotatable bonds is 4. The van der Waals surface area contributed by atoms with E-state index in [9.17, 15) is 19.7 Å². The van der Waals surface area contributed by atoms with E-state index >= 15 is 0 Å². The molecule has 128 valence electrons. The number of hydrogen-bond donors (Lipinski definition) is 1. The number of benzene rings is 1. The predicted molar refractivity (Wildman–Crippen MR) is 88.5 cm³/mol. The van der Waals surface area contributed by atoms with Crippen molar-refractivity contribution in [3.63, 3.8) is 0 Å². The summed E-state index contributed by atoms with van der Waals surface area (Å²) in [5, 5.41) is 13.7. The molecule has 1 aliphatic heterocycles. The minimum atomic E-state index is -0.466. The average molecular weight is 331 g/mol. The normalized spacial score (nSPS) is 21.3. The summed E-state index contributed by atoms with van der Waals surface area (Å²) in [5.41, 5.74) is 0.830. The first-order valence-electron chi connectivity index (χ1n) is 8.31. The Kier molecular flexibility index (Phi) is 4.51. The zero-order valence-electron chi connectivity index (χ0n) is 13.7. The van der Waals surface area contributed by atoms with E-state index in [2.05, 4.69) is 5.32 Å². The van der Waals surface area contributed by atoms with Crippen molar-refractivity contribution >= 4 is 23.2 Å². The van der Waals surface area contributed by atoms with Crippen molar-refractivity contribution < 1.29 is 14.5 Å². The Morgan fingerprint density at radius 3 is 2.71 bits per heavy atom. The van der Waals surface area contributed by atoms with Crippen molar-refractivity contribution in [3.05, 3.63) is 33.9 Å². The summed E-state index contributed by atoms with van der Waals surface area (Å²) in [5.74, 6) is -0.595. The van der Waals surface area contributed by atoms with E-state index in [0.29, 0.717) is 17.8 Å². The van der Waals surface area contributed by atoms with Crippen LogP contribution < -0.4 is 5.32 Å². The number of nitro groups is 1. The molecule has 2 fully saturated rings. The topological polar surface area (TPSA) is 92.6 Å². The van der Waals surface area contributed by atoms with Gasteiger partial charge >= 0.3 is 0 Å². The van der Waals surface area contributed by atoms with Gasteiger partial charge in [-0.05, 0) is 25.8 Å². The molecule has 1 heterocycles. The molecule has 3 rings (SSSR count). The molecular weight excluding hydrogens is 310 g/mol. The molecule has 1 atom stereocenters. The molecule has 0 bridgehead atoms. The van der Waals surface area contributed by atoms with E-state index in [1.165, 1.54) is 6.07 Å². The van der Waals surface area contributed by atoms with Gasteiger partial charge in [0.2, 0.25) is 11.8 Å². The summed E-state index contributed by atoms with van der Waals surface area (Å²) in [4.78, 5) is 37.1. The van der Waals surface area contributed by atoms with Crippen LogP contribution in [0, 0.1) is 23.0 Å². The summed E-state index contributed by atoms with van der Waals surface area (Å²) >= 11 is 0. The number of likely N-dealkylation sites (tertiary alicyclic amines) is 1. The average Bonchev–Trinajstić information content (AvgIpc) is 3.18. The Balaban J connectivity index is 1.69. The highest BCUT2D eigenvalue weighted by atomic mass is 16.6. The number of amides is 2. The maximum atomic E-state index is 12.5. The first kappa shape index (κ1) is 16.4. The zero-order valence-corrected chi connectivity index (χ0v) is 13.7. The van der Waals surface area contributed by atoms with Crippen LogP contribution in [0.4, 0.5) is 11.4 Å². The van der Waals surface area contributed by atoms with Crippen LogP contribution in [0.1, 0.15) is 37.7 Å². The SMILES string of the molecule is Cc1c(NC(=O)C2CC(=O)N(C3CCCC3)C2)cccc1[N+](=O)[O-]. The Bertz CT molecular complexity index is 682. The Morgan fingerprint density at radius 2 is 2.04 bits per heavy atom. The third-order valence-corrected chi connectivity index (χ3v) is 5.05. The van der Waals surface area contributed by atoms with Crippen LogP contribution in [0.3, 0.4) is 0 Å². The molecule has 0 radical (unpaired) electrons. The van der Waals surface area contributed by atoms with E-state index in [-0.39, 0.29) is 30.0 Å². The molecular formula is C17H21N3O4. The van der Waals surface area contributed by atoms with Crippen molar-refractivity contribution in [3.8, 4) is 0 Å². The van der Waals surface area contributed by atoms with Crippen LogP contribution in [0.25, 0.3) is 0 Å². The second-order valence-corrected chi connectivity index (χ2v) is 6.58. The zero-order chi connectivity index (χ0) is 17.3. The van der Waals surface area contributed by atoms with E-state index < -0.39 is 10.8 Å². The van der Waals surface area contributed by atoms with Crippen molar-refractivity contribution in [2.75, 3.05) is 11.9 Å². The quantitative estimate of drug-likeness (QED) is 0.678.